The first-order chi connectivity index (χ1) is 8.79. The molecule has 1 aliphatic rings. The maximum absolute atomic E-state index is 9.77. The summed E-state index contributed by atoms with van der Waals surface area (Å²) in [6.07, 6.45) is 6.83. The van der Waals surface area contributed by atoms with E-state index in [0.29, 0.717) is 12.3 Å². The number of phenolic OH excluding ortho intramolecular Hbond substituents is 1. The van der Waals surface area contributed by atoms with Crippen LogP contribution in [0.15, 0.2) is 18.2 Å². The molecule has 1 saturated carbocycles. The molecule has 0 atom stereocenters. The third kappa shape index (κ3) is 3.64. The number of hydrogen-bond donors (Lipinski definition) is 2. The second-order valence-electron chi connectivity index (χ2n) is 5.13. The molecule has 0 spiro atoms. The van der Waals surface area contributed by atoms with Gasteiger partial charge < -0.3 is 15.2 Å². The Balaban J connectivity index is 1.81. The summed E-state index contributed by atoms with van der Waals surface area (Å²) in [4.78, 5) is 0. The summed E-state index contributed by atoms with van der Waals surface area (Å²) in [5, 5.41) is 13.2. The van der Waals surface area contributed by atoms with E-state index in [2.05, 4.69) is 5.32 Å². The summed E-state index contributed by atoms with van der Waals surface area (Å²) in [6, 6.07) is 5.36. The second kappa shape index (κ2) is 6.64. The highest BCUT2D eigenvalue weighted by atomic mass is 16.5. The summed E-state index contributed by atoms with van der Waals surface area (Å²) < 4.78 is 5.17. The van der Waals surface area contributed by atoms with E-state index in [1.54, 1.807) is 19.2 Å². The van der Waals surface area contributed by atoms with Crippen LogP contribution in [0.2, 0.25) is 0 Å². The summed E-state index contributed by atoms with van der Waals surface area (Å²) >= 11 is 0. The summed E-state index contributed by atoms with van der Waals surface area (Å²) in [6.45, 7) is 1.76. The van der Waals surface area contributed by atoms with Crippen molar-refractivity contribution < 1.29 is 9.84 Å². The molecule has 0 radical (unpaired) electrons. The summed E-state index contributed by atoms with van der Waals surface area (Å²) in [5.41, 5.74) is 0.908. The van der Waals surface area contributed by atoms with E-state index in [1.807, 2.05) is 6.07 Å². The number of aromatic hydroxyl groups is 1. The van der Waals surface area contributed by atoms with Crippen LogP contribution >= 0.6 is 0 Å². The van der Waals surface area contributed by atoms with E-state index in [9.17, 15) is 5.11 Å². The van der Waals surface area contributed by atoms with Crippen molar-refractivity contribution >= 4 is 0 Å². The zero-order valence-corrected chi connectivity index (χ0v) is 11.1. The van der Waals surface area contributed by atoms with Gasteiger partial charge in [-0.3, -0.25) is 0 Å². The maximum Gasteiger partial charge on any atom is 0.120 e. The van der Waals surface area contributed by atoms with Gasteiger partial charge >= 0.3 is 0 Å². The molecule has 2 rings (SSSR count). The molecule has 0 saturated heterocycles. The van der Waals surface area contributed by atoms with Crippen molar-refractivity contribution in [3.8, 4) is 11.5 Å². The Morgan fingerprint density at radius 1 is 1.28 bits per heavy atom. The average Bonchev–Trinajstić information content (AvgIpc) is 2.42. The Bertz CT molecular complexity index is 373. The molecule has 3 heteroatoms. The minimum atomic E-state index is 0.340. The predicted molar refractivity (Wildman–Crippen MR) is 72.9 cm³/mol. The zero-order chi connectivity index (χ0) is 12.8. The van der Waals surface area contributed by atoms with Gasteiger partial charge in [0, 0.05) is 12.1 Å². The number of methoxy groups -OCH3 is 1. The van der Waals surface area contributed by atoms with Gasteiger partial charge in [0.05, 0.1) is 7.11 Å². The van der Waals surface area contributed by atoms with Crippen LogP contribution in [-0.4, -0.2) is 18.8 Å². The van der Waals surface area contributed by atoms with Crippen molar-refractivity contribution in [1.82, 2.24) is 5.32 Å². The van der Waals surface area contributed by atoms with Crippen molar-refractivity contribution in [3.05, 3.63) is 23.8 Å². The molecule has 3 nitrogen and oxygen atoms in total. The highest BCUT2D eigenvalue weighted by Gasteiger charge is 2.13. The van der Waals surface area contributed by atoms with Gasteiger partial charge in [-0.1, -0.05) is 19.3 Å². The lowest BCUT2D eigenvalue weighted by Crippen LogP contribution is -2.24. The van der Waals surface area contributed by atoms with Crippen LogP contribution in [0, 0.1) is 5.92 Å². The standard InChI is InChI=1S/C15H23NO2/c1-18-14-7-8-15(17)13(9-14)11-16-10-12-5-3-2-4-6-12/h7-9,12,16-17H,2-6,10-11H2,1H3. The van der Waals surface area contributed by atoms with Crippen LogP contribution in [0.1, 0.15) is 37.7 Å². The lowest BCUT2D eigenvalue weighted by Gasteiger charge is -2.22. The molecule has 100 valence electrons. The first-order valence-corrected chi connectivity index (χ1v) is 6.86. The topological polar surface area (TPSA) is 41.5 Å². The highest BCUT2D eigenvalue weighted by molar-refractivity contribution is 5.39. The Labute approximate surface area is 109 Å². The van der Waals surface area contributed by atoms with Gasteiger partial charge in [-0.15, -0.1) is 0 Å². The molecule has 0 heterocycles. The largest absolute Gasteiger partial charge is 0.508 e. The van der Waals surface area contributed by atoms with Gasteiger partial charge in [0.1, 0.15) is 11.5 Å². The quantitative estimate of drug-likeness (QED) is 0.842. The lowest BCUT2D eigenvalue weighted by atomic mass is 9.89. The van der Waals surface area contributed by atoms with E-state index >= 15 is 0 Å². The fraction of sp³-hybridized carbons (Fsp3) is 0.600. The average molecular weight is 249 g/mol. The molecule has 0 bridgehead atoms. The van der Waals surface area contributed by atoms with Crippen molar-refractivity contribution in [1.29, 1.82) is 0 Å². The van der Waals surface area contributed by atoms with Crippen molar-refractivity contribution in [2.45, 2.75) is 38.6 Å². The van der Waals surface area contributed by atoms with Crippen molar-refractivity contribution in [3.63, 3.8) is 0 Å². The number of rotatable bonds is 5. The summed E-state index contributed by atoms with van der Waals surface area (Å²) in [7, 11) is 1.64. The van der Waals surface area contributed by atoms with Crippen LogP contribution in [0.5, 0.6) is 11.5 Å². The van der Waals surface area contributed by atoms with Crippen LogP contribution in [-0.2, 0) is 6.54 Å². The molecular formula is C15H23NO2. The minimum Gasteiger partial charge on any atom is -0.508 e. The van der Waals surface area contributed by atoms with Crippen LogP contribution in [0.4, 0.5) is 0 Å². The first-order valence-electron chi connectivity index (χ1n) is 6.86. The van der Waals surface area contributed by atoms with Gasteiger partial charge in [0.25, 0.3) is 0 Å². The van der Waals surface area contributed by atoms with E-state index in [0.717, 1.165) is 23.8 Å². The molecule has 1 aromatic carbocycles. The molecular weight excluding hydrogens is 226 g/mol. The molecule has 0 unspecified atom stereocenters. The Hall–Kier alpha value is -1.22. The smallest absolute Gasteiger partial charge is 0.120 e. The van der Waals surface area contributed by atoms with Gasteiger partial charge in [-0.05, 0) is 43.5 Å². The fourth-order valence-corrected chi connectivity index (χ4v) is 2.63. The number of phenols is 1. The molecule has 0 amide bonds. The van der Waals surface area contributed by atoms with E-state index in [4.69, 9.17) is 4.74 Å². The zero-order valence-electron chi connectivity index (χ0n) is 11.1. The molecule has 0 aliphatic heterocycles. The third-order valence-corrected chi connectivity index (χ3v) is 3.76. The normalized spacial score (nSPS) is 16.7. The van der Waals surface area contributed by atoms with Crippen LogP contribution in [0.25, 0.3) is 0 Å². The Morgan fingerprint density at radius 3 is 2.78 bits per heavy atom. The monoisotopic (exact) mass is 249 g/mol. The number of nitrogens with one attached hydrogen (secondary N) is 1. The molecule has 1 aliphatic carbocycles. The van der Waals surface area contributed by atoms with Crippen molar-refractivity contribution in [2.24, 2.45) is 5.92 Å². The van der Waals surface area contributed by atoms with Gasteiger partial charge in [0.15, 0.2) is 0 Å². The third-order valence-electron chi connectivity index (χ3n) is 3.76. The van der Waals surface area contributed by atoms with Crippen molar-refractivity contribution in [2.75, 3.05) is 13.7 Å². The van der Waals surface area contributed by atoms with Crippen LogP contribution < -0.4 is 10.1 Å². The van der Waals surface area contributed by atoms with Crippen LogP contribution in [0.3, 0.4) is 0 Å². The predicted octanol–water partition coefficient (Wildman–Crippen LogP) is 3.07. The van der Waals surface area contributed by atoms with Gasteiger partial charge in [-0.2, -0.15) is 0 Å². The van der Waals surface area contributed by atoms with Gasteiger partial charge in [-0.25, -0.2) is 0 Å². The molecule has 2 N–H and O–H groups in total. The Morgan fingerprint density at radius 2 is 2.06 bits per heavy atom. The number of hydrogen-bond acceptors (Lipinski definition) is 3. The molecule has 1 fully saturated rings. The maximum atomic E-state index is 9.77. The molecule has 18 heavy (non-hydrogen) atoms. The number of ether oxygens (including phenoxy) is 1. The Kier molecular flexibility index (Phi) is 4.88. The second-order valence-corrected chi connectivity index (χ2v) is 5.13. The minimum absolute atomic E-state index is 0.340. The first kappa shape index (κ1) is 13.2. The number of benzene rings is 1. The highest BCUT2D eigenvalue weighted by Crippen LogP contribution is 2.24. The van der Waals surface area contributed by atoms with E-state index < -0.39 is 0 Å². The molecule has 0 aromatic heterocycles. The van der Waals surface area contributed by atoms with E-state index in [-0.39, 0.29) is 0 Å². The SMILES string of the molecule is COc1ccc(O)c(CNCC2CCCCC2)c1. The fourth-order valence-electron chi connectivity index (χ4n) is 2.63. The molecule has 1 aromatic rings. The lowest BCUT2D eigenvalue weighted by molar-refractivity contribution is 0.340. The summed E-state index contributed by atoms with van der Waals surface area (Å²) in [5.74, 6) is 1.95. The van der Waals surface area contributed by atoms with Gasteiger partial charge in [0.2, 0.25) is 0 Å². The van der Waals surface area contributed by atoms with E-state index in [1.165, 1.54) is 32.1 Å².